The normalized spacial score (nSPS) is 19.4. The van der Waals surface area contributed by atoms with Crippen molar-refractivity contribution >= 4 is 15.9 Å². The van der Waals surface area contributed by atoms with E-state index in [0.717, 1.165) is 12.0 Å². The minimum Gasteiger partial charge on any atom is -0.353 e. The number of rotatable bonds is 9. The smallest absolute Gasteiger partial charge is 0.238 e. The lowest BCUT2D eigenvalue weighted by Crippen LogP contribution is -2.47. The lowest BCUT2D eigenvalue weighted by atomic mass is 9.99. The third-order valence-corrected chi connectivity index (χ3v) is 7.10. The number of hydrogen-bond acceptors (Lipinski definition) is 4. The van der Waals surface area contributed by atoms with Gasteiger partial charge in [-0.3, -0.25) is 4.79 Å². The van der Waals surface area contributed by atoms with Crippen LogP contribution in [0.15, 0.2) is 24.3 Å². The average Bonchev–Trinajstić information content (AvgIpc) is 3.15. The van der Waals surface area contributed by atoms with Crippen LogP contribution in [0, 0.1) is 0 Å². The van der Waals surface area contributed by atoms with E-state index in [1.54, 1.807) is 0 Å². The van der Waals surface area contributed by atoms with E-state index in [2.05, 4.69) is 31.3 Å². The maximum atomic E-state index is 12.6. The molecule has 3 N–H and O–H groups in total. The van der Waals surface area contributed by atoms with Crippen LogP contribution < -0.4 is 11.1 Å². The fourth-order valence-corrected chi connectivity index (χ4v) is 5.24. The molecule has 0 spiro atoms. The van der Waals surface area contributed by atoms with E-state index in [0.29, 0.717) is 38.3 Å². The van der Waals surface area contributed by atoms with Crippen LogP contribution in [0.3, 0.4) is 0 Å². The summed E-state index contributed by atoms with van der Waals surface area (Å²) in [5.41, 5.74) is 8.41. The quantitative estimate of drug-likeness (QED) is 0.672. The van der Waals surface area contributed by atoms with Crippen molar-refractivity contribution in [2.45, 2.75) is 64.5 Å². The van der Waals surface area contributed by atoms with E-state index >= 15 is 0 Å². The summed E-state index contributed by atoms with van der Waals surface area (Å²) >= 11 is 0. The Bertz CT molecular complexity index is 716. The highest BCUT2D eigenvalue weighted by Crippen LogP contribution is 2.23. The minimum atomic E-state index is -3.38. The van der Waals surface area contributed by atoms with Gasteiger partial charge in [-0.25, -0.2) is 8.42 Å². The van der Waals surface area contributed by atoms with Crippen molar-refractivity contribution in [1.82, 2.24) is 9.62 Å². The number of carbonyl (C=O) groups excluding carboxylic acids is 1. The zero-order chi connectivity index (χ0) is 20.0. The fraction of sp³-hybridized carbons (Fsp3) is 0.650. The largest absolute Gasteiger partial charge is 0.353 e. The molecule has 1 aromatic rings. The first kappa shape index (κ1) is 21.9. The predicted molar refractivity (Wildman–Crippen MR) is 109 cm³/mol. The molecule has 0 aliphatic carbocycles. The maximum Gasteiger partial charge on any atom is 0.238 e. The van der Waals surface area contributed by atoms with Crippen LogP contribution in [0.25, 0.3) is 0 Å². The number of nitrogens with two attached hydrogens (primary N) is 1. The van der Waals surface area contributed by atoms with E-state index in [1.165, 1.54) is 9.87 Å². The molecule has 1 heterocycles. The van der Waals surface area contributed by atoms with E-state index in [4.69, 9.17) is 5.73 Å². The van der Waals surface area contributed by atoms with E-state index < -0.39 is 16.1 Å². The summed E-state index contributed by atoms with van der Waals surface area (Å²) in [6.07, 6.45) is 2.71. The Balaban J connectivity index is 1.93. The average molecular weight is 396 g/mol. The summed E-state index contributed by atoms with van der Waals surface area (Å²) < 4.78 is 26.3. The second kappa shape index (κ2) is 9.66. The third-order valence-electron chi connectivity index (χ3n) is 5.15. The number of carbonyl (C=O) groups is 1. The number of nitrogens with one attached hydrogen (secondary N) is 1. The number of amides is 1. The van der Waals surface area contributed by atoms with Crippen molar-refractivity contribution in [2.75, 3.05) is 18.8 Å². The van der Waals surface area contributed by atoms with Crippen LogP contribution in [0.1, 0.15) is 69.5 Å². The fourth-order valence-electron chi connectivity index (χ4n) is 3.35. The highest BCUT2D eigenvalue weighted by molar-refractivity contribution is 7.89. The summed E-state index contributed by atoms with van der Waals surface area (Å²) in [6.45, 7) is 6.94. The number of hydrogen-bond donors (Lipinski definition) is 2. The summed E-state index contributed by atoms with van der Waals surface area (Å²) in [4.78, 5) is 12.6. The summed E-state index contributed by atoms with van der Waals surface area (Å²) in [7, 11) is -3.38. The van der Waals surface area contributed by atoms with E-state index in [-0.39, 0.29) is 17.7 Å². The number of nitrogens with zero attached hydrogens (tertiary/aromatic N) is 1. The topological polar surface area (TPSA) is 92.5 Å². The molecule has 1 fully saturated rings. The number of unbranched alkanes of at least 4 members (excludes halogenated alkanes) is 1. The maximum absolute atomic E-state index is 12.6. The molecule has 1 aliphatic heterocycles. The van der Waals surface area contributed by atoms with Crippen molar-refractivity contribution in [3.05, 3.63) is 35.4 Å². The molecule has 152 valence electrons. The van der Waals surface area contributed by atoms with Crippen molar-refractivity contribution < 1.29 is 13.2 Å². The van der Waals surface area contributed by atoms with E-state index in [9.17, 15) is 13.2 Å². The molecule has 2 unspecified atom stereocenters. The van der Waals surface area contributed by atoms with Crippen LogP contribution in [0.2, 0.25) is 0 Å². The molecule has 27 heavy (non-hydrogen) atoms. The van der Waals surface area contributed by atoms with Gasteiger partial charge in [-0.05, 0) is 36.3 Å². The molecule has 0 radical (unpaired) electrons. The van der Waals surface area contributed by atoms with Crippen LogP contribution >= 0.6 is 0 Å². The first-order chi connectivity index (χ1) is 12.8. The second-order valence-electron chi connectivity index (χ2n) is 7.61. The molecule has 1 aliphatic rings. The first-order valence-electron chi connectivity index (χ1n) is 9.89. The second-order valence-corrected chi connectivity index (χ2v) is 9.65. The molecule has 6 nitrogen and oxygen atoms in total. The lowest BCUT2D eigenvalue weighted by Gasteiger charge is -2.24. The van der Waals surface area contributed by atoms with Crippen molar-refractivity contribution in [2.24, 2.45) is 5.73 Å². The standard InChI is InChI=1S/C20H33N3O3S/c1-4-5-13-27(25,26)23-12-6-7-19(23)20(24)22-14-18(21)17-10-8-16(9-11-17)15(2)3/h8-11,15,18-19H,4-7,12-14,21H2,1-3H3,(H,22,24). The first-order valence-corrected chi connectivity index (χ1v) is 11.5. The van der Waals surface area contributed by atoms with Crippen molar-refractivity contribution in [3.63, 3.8) is 0 Å². The van der Waals surface area contributed by atoms with Gasteiger partial charge in [0.25, 0.3) is 0 Å². The minimum absolute atomic E-state index is 0.106. The molecule has 0 bridgehead atoms. The van der Waals surface area contributed by atoms with Crippen molar-refractivity contribution in [3.8, 4) is 0 Å². The van der Waals surface area contributed by atoms with Gasteiger partial charge in [0, 0.05) is 19.1 Å². The van der Waals surface area contributed by atoms with Gasteiger partial charge >= 0.3 is 0 Å². The zero-order valence-electron chi connectivity index (χ0n) is 16.6. The van der Waals surface area contributed by atoms with Gasteiger partial charge < -0.3 is 11.1 Å². The molecule has 2 atom stereocenters. The summed E-state index contributed by atoms with van der Waals surface area (Å²) in [5, 5.41) is 2.85. The summed E-state index contributed by atoms with van der Waals surface area (Å²) in [6, 6.07) is 7.16. The number of sulfonamides is 1. The molecule has 7 heteroatoms. The monoisotopic (exact) mass is 395 g/mol. The van der Waals surface area contributed by atoms with Gasteiger partial charge in [0.2, 0.25) is 15.9 Å². The molecule has 1 amide bonds. The molecular formula is C20H33N3O3S. The van der Waals surface area contributed by atoms with Gasteiger partial charge in [-0.1, -0.05) is 51.5 Å². The third kappa shape index (κ3) is 5.77. The van der Waals surface area contributed by atoms with Crippen LogP contribution in [-0.4, -0.2) is 43.5 Å². The highest BCUT2D eigenvalue weighted by Gasteiger charge is 2.38. The zero-order valence-corrected chi connectivity index (χ0v) is 17.5. The Labute approximate surface area is 163 Å². The van der Waals surface area contributed by atoms with Gasteiger partial charge in [0.15, 0.2) is 0 Å². The SMILES string of the molecule is CCCCS(=O)(=O)N1CCCC1C(=O)NCC(N)c1ccc(C(C)C)cc1. The molecular weight excluding hydrogens is 362 g/mol. The Morgan fingerprint density at radius 1 is 1.26 bits per heavy atom. The Hall–Kier alpha value is -1.44. The van der Waals surface area contributed by atoms with Crippen LogP contribution in [-0.2, 0) is 14.8 Å². The van der Waals surface area contributed by atoms with Crippen molar-refractivity contribution in [1.29, 1.82) is 0 Å². The molecule has 2 rings (SSSR count). The van der Waals surface area contributed by atoms with Gasteiger partial charge in [0.1, 0.15) is 6.04 Å². The Kier molecular flexibility index (Phi) is 7.82. The number of benzene rings is 1. The van der Waals surface area contributed by atoms with E-state index in [1.807, 2.05) is 19.1 Å². The molecule has 1 aromatic carbocycles. The Morgan fingerprint density at radius 3 is 2.48 bits per heavy atom. The van der Waals surface area contributed by atoms with Gasteiger partial charge in [0.05, 0.1) is 5.75 Å². The molecule has 1 saturated heterocycles. The van der Waals surface area contributed by atoms with Gasteiger partial charge in [-0.2, -0.15) is 4.31 Å². The lowest BCUT2D eigenvalue weighted by molar-refractivity contribution is -0.124. The van der Waals surface area contributed by atoms with Gasteiger partial charge in [-0.15, -0.1) is 0 Å². The molecule has 0 aromatic heterocycles. The highest BCUT2D eigenvalue weighted by atomic mass is 32.2. The predicted octanol–water partition coefficient (Wildman–Crippen LogP) is 2.52. The molecule has 0 saturated carbocycles. The Morgan fingerprint density at radius 2 is 1.89 bits per heavy atom. The van der Waals surface area contributed by atoms with Crippen LogP contribution in [0.5, 0.6) is 0 Å². The van der Waals surface area contributed by atoms with Crippen LogP contribution in [0.4, 0.5) is 0 Å². The summed E-state index contributed by atoms with van der Waals surface area (Å²) in [5.74, 6) is 0.314.